The van der Waals surface area contributed by atoms with Crippen LogP contribution < -0.4 is 5.32 Å². The second-order valence-electron chi connectivity index (χ2n) is 4.87. The van der Waals surface area contributed by atoms with E-state index in [1.165, 1.54) is 24.3 Å². The maximum Gasteiger partial charge on any atom is 0.127 e. The molecule has 1 nitrogen and oxygen atoms in total. The molecule has 0 aliphatic carbocycles. The van der Waals surface area contributed by atoms with Crippen LogP contribution in [0.3, 0.4) is 0 Å². The topological polar surface area (TPSA) is 12.0 Å². The second-order valence-corrected chi connectivity index (χ2v) is 5.28. The van der Waals surface area contributed by atoms with Crippen LogP contribution in [-0.2, 0) is 12.8 Å². The van der Waals surface area contributed by atoms with Crippen molar-refractivity contribution in [3.8, 4) is 0 Å². The first-order valence-corrected chi connectivity index (χ1v) is 6.92. The zero-order valence-electron chi connectivity index (χ0n) is 11.5. The van der Waals surface area contributed by atoms with Gasteiger partial charge in [-0.25, -0.2) is 13.2 Å². The van der Waals surface area contributed by atoms with Gasteiger partial charge in [0.25, 0.3) is 0 Å². The summed E-state index contributed by atoms with van der Waals surface area (Å²) in [5.74, 6) is -1.62. The molecule has 1 N–H and O–H groups in total. The molecule has 112 valence electrons. The minimum absolute atomic E-state index is 0.180. The van der Waals surface area contributed by atoms with E-state index in [2.05, 4.69) is 5.32 Å². The van der Waals surface area contributed by atoms with E-state index in [4.69, 9.17) is 11.6 Å². The van der Waals surface area contributed by atoms with Gasteiger partial charge in [0.05, 0.1) is 0 Å². The number of likely N-dealkylation sites (N-methyl/N-ethyl adjacent to an activating group) is 1. The van der Waals surface area contributed by atoms with E-state index in [1.54, 1.807) is 13.1 Å². The van der Waals surface area contributed by atoms with Crippen LogP contribution in [-0.4, -0.2) is 13.1 Å². The first-order valence-electron chi connectivity index (χ1n) is 6.54. The number of benzene rings is 2. The molecule has 0 aliphatic rings. The Morgan fingerprint density at radius 2 is 1.71 bits per heavy atom. The summed E-state index contributed by atoms with van der Waals surface area (Å²) >= 11 is 6.00. The lowest BCUT2D eigenvalue weighted by Gasteiger charge is -2.17. The van der Waals surface area contributed by atoms with Gasteiger partial charge in [-0.3, -0.25) is 0 Å². The predicted octanol–water partition coefficient (Wildman–Crippen LogP) is 4.13. The van der Waals surface area contributed by atoms with Gasteiger partial charge in [0.2, 0.25) is 0 Å². The Hall–Kier alpha value is -1.52. The van der Waals surface area contributed by atoms with Crippen LogP contribution in [0.15, 0.2) is 36.4 Å². The van der Waals surface area contributed by atoms with E-state index in [-0.39, 0.29) is 11.9 Å². The van der Waals surface area contributed by atoms with Gasteiger partial charge in [0.1, 0.15) is 17.5 Å². The maximum atomic E-state index is 13.8. The number of rotatable bonds is 5. The summed E-state index contributed by atoms with van der Waals surface area (Å²) < 4.78 is 40.2. The highest BCUT2D eigenvalue weighted by Gasteiger charge is 2.15. The van der Waals surface area contributed by atoms with Crippen molar-refractivity contribution in [1.29, 1.82) is 0 Å². The van der Waals surface area contributed by atoms with Crippen molar-refractivity contribution < 1.29 is 13.2 Å². The predicted molar refractivity (Wildman–Crippen MR) is 78.0 cm³/mol. The normalized spacial score (nSPS) is 12.4. The molecule has 21 heavy (non-hydrogen) atoms. The average Bonchev–Trinajstić information content (AvgIpc) is 2.40. The van der Waals surface area contributed by atoms with Crippen molar-refractivity contribution in [3.63, 3.8) is 0 Å². The van der Waals surface area contributed by atoms with Gasteiger partial charge >= 0.3 is 0 Å². The van der Waals surface area contributed by atoms with Crippen LogP contribution in [0.5, 0.6) is 0 Å². The molecule has 0 aliphatic heterocycles. The zero-order valence-corrected chi connectivity index (χ0v) is 12.2. The molecule has 0 aromatic heterocycles. The lowest BCUT2D eigenvalue weighted by Crippen LogP contribution is -2.30. The molecule has 0 heterocycles. The first kappa shape index (κ1) is 15.9. The van der Waals surface area contributed by atoms with E-state index in [9.17, 15) is 13.2 Å². The van der Waals surface area contributed by atoms with Crippen LogP contribution in [0.25, 0.3) is 0 Å². The summed E-state index contributed by atoms with van der Waals surface area (Å²) in [6.07, 6.45) is 0.704. The highest BCUT2D eigenvalue weighted by molar-refractivity contribution is 6.31. The molecule has 1 unspecified atom stereocenters. The Morgan fingerprint density at radius 1 is 1.05 bits per heavy atom. The van der Waals surface area contributed by atoms with Crippen LogP contribution in [0.4, 0.5) is 13.2 Å². The van der Waals surface area contributed by atoms with E-state index < -0.39 is 11.6 Å². The lowest BCUT2D eigenvalue weighted by atomic mass is 9.98. The molecule has 0 saturated carbocycles. The number of hydrogen-bond donors (Lipinski definition) is 1. The van der Waals surface area contributed by atoms with Crippen molar-refractivity contribution >= 4 is 11.6 Å². The number of nitrogens with one attached hydrogen (secondary N) is 1. The fraction of sp³-hybridized carbons (Fsp3) is 0.250. The van der Waals surface area contributed by atoms with Crippen molar-refractivity contribution in [3.05, 3.63) is 70.0 Å². The summed E-state index contributed by atoms with van der Waals surface area (Å²) in [6.45, 7) is 0. The average molecular weight is 314 g/mol. The Balaban J connectivity index is 2.17. The molecule has 0 fully saturated rings. The number of halogens is 4. The summed E-state index contributed by atoms with van der Waals surface area (Å²) in [5.41, 5.74) is 0.912. The Morgan fingerprint density at radius 3 is 2.29 bits per heavy atom. The highest BCUT2D eigenvalue weighted by Crippen LogP contribution is 2.21. The third-order valence-electron chi connectivity index (χ3n) is 3.32. The monoisotopic (exact) mass is 313 g/mol. The van der Waals surface area contributed by atoms with Gasteiger partial charge in [0.15, 0.2) is 0 Å². The second kappa shape index (κ2) is 6.96. The molecule has 0 amide bonds. The third kappa shape index (κ3) is 4.22. The highest BCUT2D eigenvalue weighted by atomic mass is 35.5. The molecule has 0 saturated heterocycles. The Kier molecular flexibility index (Phi) is 5.26. The summed E-state index contributed by atoms with van der Waals surface area (Å²) in [4.78, 5) is 0. The fourth-order valence-electron chi connectivity index (χ4n) is 2.26. The van der Waals surface area contributed by atoms with Crippen molar-refractivity contribution in [2.45, 2.75) is 18.9 Å². The minimum Gasteiger partial charge on any atom is -0.316 e. The van der Waals surface area contributed by atoms with Gasteiger partial charge in [-0.05, 0) is 49.7 Å². The molecular formula is C16H15ClF3N. The standard InChI is InChI=1S/C16H15ClF3N/c1-21-13(7-10-5-11(18)8-12(19)6-10)9-14-15(17)3-2-4-16(14)20/h2-6,8,13,21H,7,9H2,1H3. The van der Waals surface area contributed by atoms with E-state index in [0.717, 1.165) is 6.07 Å². The smallest absolute Gasteiger partial charge is 0.127 e. The third-order valence-corrected chi connectivity index (χ3v) is 3.68. The van der Waals surface area contributed by atoms with Crippen LogP contribution in [0.2, 0.25) is 5.02 Å². The van der Waals surface area contributed by atoms with Gasteiger partial charge in [-0.2, -0.15) is 0 Å². The van der Waals surface area contributed by atoms with E-state index >= 15 is 0 Å². The lowest BCUT2D eigenvalue weighted by molar-refractivity contribution is 0.526. The maximum absolute atomic E-state index is 13.8. The molecule has 5 heteroatoms. The van der Waals surface area contributed by atoms with Crippen molar-refractivity contribution in [2.24, 2.45) is 0 Å². The molecule has 0 spiro atoms. The van der Waals surface area contributed by atoms with Crippen molar-refractivity contribution in [1.82, 2.24) is 5.32 Å². The van der Waals surface area contributed by atoms with E-state index in [1.807, 2.05) is 0 Å². The molecule has 0 radical (unpaired) electrons. The fourth-order valence-corrected chi connectivity index (χ4v) is 2.50. The summed E-state index contributed by atoms with van der Waals surface area (Å²) in [6, 6.07) is 7.70. The SMILES string of the molecule is CNC(Cc1cc(F)cc(F)c1)Cc1c(F)cccc1Cl. The molecule has 0 bridgehead atoms. The summed E-state index contributed by atoms with van der Waals surface area (Å²) in [5, 5.41) is 3.37. The Labute approximate surface area is 126 Å². The number of hydrogen-bond acceptors (Lipinski definition) is 1. The molecular weight excluding hydrogens is 299 g/mol. The summed E-state index contributed by atoms with van der Waals surface area (Å²) in [7, 11) is 1.72. The van der Waals surface area contributed by atoms with Gasteiger partial charge in [-0.15, -0.1) is 0 Å². The molecule has 2 aromatic rings. The zero-order chi connectivity index (χ0) is 15.4. The quantitative estimate of drug-likeness (QED) is 0.875. The van der Waals surface area contributed by atoms with Crippen LogP contribution in [0.1, 0.15) is 11.1 Å². The minimum atomic E-state index is -0.622. The van der Waals surface area contributed by atoms with Crippen LogP contribution >= 0.6 is 11.6 Å². The van der Waals surface area contributed by atoms with Gasteiger partial charge in [-0.1, -0.05) is 17.7 Å². The van der Waals surface area contributed by atoms with E-state index in [0.29, 0.717) is 29.0 Å². The van der Waals surface area contributed by atoms with Gasteiger partial charge < -0.3 is 5.32 Å². The molecule has 2 rings (SSSR count). The molecule has 1 atom stereocenters. The molecule has 2 aromatic carbocycles. The Bertz CT molecular complexity index is 590. The van der Waals surface area contributed by atoms with Crippen molar-refractivity contribution in [2.75, 3.05) is 7.05 Å². The first-order chi connectivity index (χ1) is 9.99. The van der Waals surface area contributed by atoms with Crippen LogP contribution in [0, 0.1) is 17.5 Å². The van der Waals surface area contributed by atoms with Gasteiger partial charge in [0, 0.05) is 22.7 Å². The largest absolute Gasteiger partial charge is 0.316 e.